The molecule has 2 N–H and O–H groups in total. The van der Waals surface area contributed by atoms with Crippen molar-refractivity contribution in [2.75, 3.05) is 5.75 Å². The lowest BCUT2D eigenvalue weighted by molar-refractivity contribution is 0.313. The third kappa shape index (κ3) is 3.27. The molecule has 0 aromatic carbocycles. The van der Waals surface area contributed by atoms with Crippen LogP contribution in [0.15, 0.2) is 0 Å². The van der Waals surface area contributed by atoms with Crippen LogP contribution in [0.4, 0.5) is 0 Å². The van der Waals surface area contributed by atoms with Crippen LogP contribution in [0.5, 0.6) is 0 Å². The molecule has 0 fully saturated rings. The van der Waals surface area contributed by atoms with Crippen molar-refractivity contribution in [3.05, 3.63) is 0 Å². The van der Waals surface area contributed by atoms with Crippen molar-refractivity contribution < 1.29 is 8.42 Å². The summed E-state index contributed by atoms with van der Waals surface area (Å²) in [6.07, 6.45) is 0. The lowest BCUT2D eigenvalue weighted by atomic mass is 9.86. The van der Waals surface area contributed by atoms with Gasteiger partial charge in [-0.2, -0.15) is 0 Å². The Bertz CT molecular complexity index is 251. The van der Waals surface area contributed by atoms with Crippen molar-refractivity contribution in [1.82, 2.24) is 0 Å². The summed E-state index contributed by atoms with van der Waals surface area (Å²) in [7, 11) is -3.01. The van der Waals surface area contributed by atoms with Crippen LogP contribution in [-0.2, 0) is 9.84 Å². The molecule has 13 heavy (non-hydrogen) atoms. The van der Waals surface area contributed by atoms with Crippen molar-refractivity contribution in [1.29, 1.82) is 0 Å². The minimum absolute atomic E-state index is 0.165. The molecule has 0 saturated heterocycles. The normalized spacial score (nSPS) is 18.3. The van der Waals surface area contributed by atoms with Crippen LogP contribution in [0.25, 0.3) is 0 Å². The second kappa shape index (κ2) is 3.96. The van der Waals surface area contributed by atoms with Crippen LogP contribution in [0, 0.1) is 5.41 Å². The summed E-state index contributed by atoms with van der Waals surface area (Å²) in [5.41, 5.74) is 5.71. The van der Waals surface area contributed by atoms with E-state index in [9.17, 15) is 8.42 Å². The van der Waals surface area contributed by atoms with Gasteiger partial charge in [-0.3, -0.25) is 0 Å². The molecule has 0 aromatic rings. The first-order chi connectivity index (χ1) is 5.63. The molecule has 2 atom stereocenters. The molecule has 4 heteroatoms. The topological polar surface area (TPSA) is 60.2 Å². The van der Waals surface area contributed by atoms with E-state index in [0.29, 0.717) is 0 Å². The van der Waals surface area contributed by atoms with Gasteiger partial charge >= 0.3 is 0 Å². The molecule has 0 bridgehead atoms. The van der Waals surface area contributed by atoms with Gasteiger partial charge in [-0.1, -0.05) is 27.7 Å². The maximum Gasteiger partial charge on any atom is 0.154 e. The molecule has 0 aliphatic carbocycles. The van der Waals surface area contributed by atoms with Crippen molar-refractivity contribution >= 4 is 9.84 Å². The quantitative estimate of drug-likeness (QED) is 0.756. The van der Waals surface area contributed by atoms with E-state index in [2.05, 4.69) is 0 Å². The number of rotatable bonds is 3. The van der Waals surface area contributed by atoms with Crippen LogP contribution in [0.3, 0.4) is 0 Å². The Morgan fingerprint density at radius 3 is 1.92 bits per heavy atom. The molecular weight excluding hydrogens is 186 g/mol. The van der Waals surface area contributed by atoms with Crippen LogP contribution >= 0.6 is 0 Å². The monoisotopic (exact) mass is 207 g/mol. The van der Waals surface area contributed by atoms with Crippen molar-refractivity contribution in [3.8, 4) is 0 Å². The average Bonchev–Trinajstić information content (AvgIpc) is 2.00. The highest BCUT2D eigenvalue weighted by Gasteiger charge is 2.33. The van der Waals surface area contributed by atoms with E-state index in [1.807, 2.05) is 20.8 Å². The van der Waals surface area contributed by atoms with Gasteiger partial charge in [0.25, 0.3) is 0 Å². The molecule has 0 aliphatic rings. The van der Waals surface area contributed by atoms with E-state index in [4.69, 9.17) is 5.73 Å². The summed E-state index contributed by atoms with van der Waals surface area (Å²) >= 11 is 0. The first-order valence-electron chi connectivity index (χ1n) is 4.60. The highest BCUT2D eigenvalue weighted by atomic mass is 32.2. The molecule has 3 nitrogen and oxygen atoms in total. The highest BCUT2D eigenvalue weighted by Crippen LogP contribution is 2.23. The molecule has 0 saturated carbocycles. The smallest absolute Gasteiger partial charge is 0.154 e. The Labute approximate surface area is 81.6 Å². The SMILES string of the molecule is CCS(=O)(=O)C(C)C(N)C(C)(C)C. The standard InChI is InChI=1S/C9H21NO2S/c1-6-13(11,12)7(2)8(10)9(3,4)5/h7-8H,6,10H2,1-5H3. The third-order valence-corrected chi connectivity index (χ3v) is 4.71. The van der Waals surface area contributed by atoms with Crippen LogP contribution in [-0.4, -0.2) is 25.5 Å². The number of sulfone groups is 1. The summed E-state index contributed by atoms with van der Waals surface area (Å²) in [5, 5.41) is -0.461. The minimum atomic E-state index is -3.01. The molecule has 0 spiro atoms. The zero-order valence-corrected chi connectivity index (χ0v) is 9.98. The van der Waals surface area contributed by atoms with Crippen molar-refractivity contribution in [2.45, 2.75) is 45.9 Å². The van der Waals surface area contributed by atoms with Gasteiger partial charge in [-0.15, -0.1) is 0 Å². The Morgan fingerprint density at radius 2 is 1.69 bits per heavy atom. The molecule has 0 heterocycles. The van der Waals surface area contributed by atoms with Gasteiger partial charge in [0.15, 0.2) is 9.84 Å². The predicted molar refractivity (Wildman–Crippen MR) is 56.4 cm³/mol. The Hall–Kier alpha value is -0.0900. The maximum atomic E-state index is 11.5. The van der Waals surface area contributed by atoms with E-state index < -0.39 is 15.1 Å². The van der Waals surface area contributed by atoms with Crippen LogP contribution < -0.4 is 5.73 Å². The Morgan fingerprint density at radius 1 is 1.31 bits per heavy atom. The van der Waals surface area contributed by atoms with Gasteiger partial charge in [0.1, 0.15) is 0 Å². The lowest BCUT2D eigenvalue weighted by Gasteiger charge is -2.31. The van der Waals surface area contributed by atoms with Gasteiger partial charge in [-0.25, -0.2) is 8.42 Å². The molecule has 0 rings (SSSR count). The minimum Gasteiger partial charge on any atom is -0.326 e. The lowest BCUT2D eigenvalue weighted by Crippen LogP contribution is -2.47. The zero-order chi connectivity index (χ0) is 10.9. The van der Waals surface area contributed by atoms with Gasteiger partial charge in [-0.05, 0) is 12.3 Å². The first-order valence-corrected chi connectivity index (χ1v) is 6.31. The van der Waals surface area contributed by atoms with E-state index >= 15 is 0 Å². The Kier molecular flexibility index (Phi) is 3.94. The van der Waals surface area contributed by atoms with E-state index in [0.717, 1.165) is 0 Å². The fourth-order valence-electron chi connectivity index (χ4n) is 1.19. The van der Waals surface area contributed by atoms with Crippen molar-refractivity contribution in [2.24, 2.45) is 11.1 Å². The second-order valence-corrected chi connectivity index (χ2v) is 7.20. The summed E-state index contributed by atoms with van der Waals surface area (Å²) in [6.45, 7) is 9.22. The fourth-order valence-corrected chi connectivity index (χ4v) is 2.57. The maximum absolute atomic E-state index is 11.5. The zero-order valence-electron chi connectivity index (χ0n) is 9.16. The summed E-state index contributed by atoms with van der Waals surface area (Å²) in [6, 6.07) is -0.308. The van der Waals surface area contributed by atoms with E-state index in [1.165, 1.54) is 0 Å². The molecule has 0 aliphatic heterocycles. The van der Waals surface area contributed by atoms with Gasteiger partial charge in [0.2, 0.25) is 0 Å². The summed E-state index contributed by atoms with van der Waals surface area (Å²) in [4.78, 5) is 0. The largest absolute Gasteiger partial charge is 0.326 e. The highest BCUT2D eigenvalue weighted by molar-refractivity contribution is 7.92. The molecule has 2 unspecified atom stereocenters. The molecule has 0 amide bonds. The molecule has 80 valence electrons. The number of hydrogen-bond acceptors (Lipinski definition) is 3. The number of hydrogen-bond donors (Lipinski definition) is 1. The first kappa shape index (κ1) is 12.9. The molecular formula is C9H21NO2S. The van der Waals surface area contributed by atoms with Crippen LogP contribution in [0.1, 0.15) is 34.6 Å². The van der Waals surface area contributed by atoms with Gasteiger partial charge in [0, 0.05) is 11.8 Å². The summed E-state index contributed by atoms with van der Waals surface area (Å²) < 4.78 is 23.0. The van der Waals surface area contributed by atoms with E-state index in [1.54, 1.807) is 13.8 Å². The summed E-state index contributed by atoms with van der Waals surface area (Å²) in [5.74, 6) is 0.165. The molecule has 0 aromatic heterocycles. The van der Waals surface area contributed by atoms with Crippen LogP contribution in [0.2, 0.25) is 0 Å². The fraction of sp³-hybridized carbons (Fsp3) is 1.00. The Balaban J connectivity index is 4.73. The van der Waals surface area contributed by atoms with Crippen molar-refractivity contribution in [3.63, 3.8) is 0 Å². The van der Waals surface area contributed by atoms with E-state index in [-0.39, 0.29) is 17.2 Å². The predicted octanol–water partition coefficient (Wildman–Crippen LogP) is 1.18. The van der Waals surface area contributed by atoms with Gasteiger partial charge in [0.05, 0.1) is 5.25 Å². The third-order valence-electron chi connectivity index (χ3n) is 2.47. The average molecular weight is 207 g/mol. The number of nitrogens with two attached hydrogens (primary N) is 1. The second-order valence-electron chi connectivity index (χ2n) is 4.55. The molecule has 0 radical (unpaired) electrons. The van der Waals surface area contributed by atoms with Gasteiger partial charge < -0.3 is 5.73 Å².